The number of hydrogen-bond donors (Lipinski definition) is 3. The second kappa shape index (κ2) is 11.1. The molecule has 220 valence electrons. The van der Waals surface area contributed by atoms with Crippen LogP contribution in [0.3, 0.4) is 0 Å². The molecule has 0 spiro atoms. The molecular weight excluding hydrogens is 566 g/mol. The number of likely N-dealkylation sites (N-methyl/N-ethyl adjacent to an activating group) is 1. The van der Waals surface area contributed by atoms with Crippen molar-refractivity contribution in [3.8, 4) is 0 Å². The molecule has 6 amide bonds. The second-order valence-electron chi connectivity index (χ2n) is 9.97. The Hall–Kier alpha value is -4.43. The molecule has 3 saturated heterocycles. The smallest absolute Gasteiger partial charge is 0.326 e. The minimum absolute atomic E-state index is 0.0572. The van der Waals surface area contributed by atoms with E-state index in [1.165, 1.54) is 16.9 Å². The summed E-state index contributed by atoms with van der Waals surface area (Å²) in [5.74, 6) is -4.45. The summed E-state index contributed by atoms with van der Waals surface area (Å²) in [4.78, 5) is 81.3. The van der Waals surface area contributed by atoms with E-state index in [0.29, 0.717) is 17.7 Å². The molecule has 0 aromatic heterocycles. The lowest BCUT2D eigenvalue weighted by Gasteiger charge is -2.50. The van der Waals surface area contributed by atoms with Crippen molar-refractivity contribution >= 4 is 47.4 Å². The first kappa shape index (κ1) is 29.1. The number of benzene rings is 2. The standard InChI is InChI=1S/C28H29N5O8S/c1-3-31-14-15-32(22(36)21(31)35)26(40)29-19(17-10-6-4-7-11-17)20(34)30-28(41-2)23(37)33-16-27(25(38)39,42-24(28)33)18-12-8-5-9-13-18/h4-13,19,24H,3,14-16H2,1-2H3,(H,29,40)(H,30,34)(H,38,39)/t19-,24-,27+,28?/m1/s1. The summed E-state index contributed by atoms with van der Waals surface area (Å²) in [7, 11) is 1.23. The lowest BCUT2D eigenvalue weighted by molar-refractivity contribution is -0.194. The Kier molecular flexibility index (Phi) is 7.68. The molecule has 2 aromatic carbocycles. The van der Waals surface area contributed by atoms with Gasteiger partial charge >= 0.3 is 23.8 Å². The maximum atomic E-state index is 13.8. The minimum Gasteiger partial charge on any atom is -0.480 e. The fourth-order valence-electron chi connectivity index (χ4n) is 5.38. The quantitative estimate of drug-likeness (QED) is 0.224. The zero-order valence-corrected chi connectivity index (χ0v) is 23.6. The van der Waals surface area contributed by atoms with Gasteiger partial charge in [0, 0.05) is 26.7 Å². The predicted molar refractivity (Wildman–Crippen MR) is 148 cm³/mol. The third-order valence-corrected chi connectivity index (χ3v) is 9.48. The van der Waals surface area contributed by atoms with Gasteiger partial charge in [-0.3, -0.25) is 28.9 Å². The molecule has 3 aliphatic heterocycles. The van der Waals surface area contributed by atoms with Gasteiger partial charge in [0.25, 0.3) is 11.6 Å². The maximum Gasteiger partial charge on any atom is 0.326 e. The molecule has 3 N–H and O–H groups in total. The number of β-lactam (4-membered cyclic amide) rings is 1. The third kappa shape index (κ3) is 4.56. The van der Waals surface area contributed by atoms with Gasteiger partial charge in [0.05, 0.1) is 6.54 Å². The summed E-state index contributed by atoms with van der Waals surface area (Å²) in [6, 6.07) is 14.3. The highest BCUT2D eigenvalue weighted by atomic mass is 32.2. The number of urea groups is 1. The van der Waals surface area contributed by atoms with Gasteiger partial charge in [-0.1, -0.05) is 60.7 Å². The molecule has 3 aliphatic rings. The van der Waals surface area contributed by atoms with Crippen LogP contribution < -0.4 is 10.6 Å². The van der Waals surface area contributed by atoms with E-state index in [1.54, 1.807) is 67.6 Å². The normalized spacial score (nSPS) is 25.9. The zero-order chi connectivity index (χ0) is 30.2. The number of amides is 6. The van der Waals surface area contributed by atoms with Crippen LogP contribution in [0.5, 0.6) is 0 Å². The molecule has 4 atom stereocenters. The van der Waals surface area contributed by atoms with Gasteiger partial charge in [-0.2, -0.15) is 0 Å². The number of rotatable bonds is 8. The molecular formula is C28H29N5O8S. The Bertz CT molecular complexity index is 1440. The summed E-state index contributed by atoms with van der Waals surface area (Å²) in [5, 5.41) is 14.5. The van der Waals surface area contributed by atoms with Crippen molar-refractivity contribution in [1.82, 2.24) is 25.3 Å². The number of carbonyl (C=O) groups excluding carboxylic acids is 5. The number of piperazine rings is 1. The topological polar surface area (TPSA) is 166 Å². The number of methoxy groups -OCH3 is 1. The number of carbonyl (C=O) groups is 6. The van der Waals surface area contributed by atoms with Crippen LogP contribution >= 0.6 is 11.8 Å². The number of imide groups is 1. The van der Waals surface area contributed by atoms with Crippen LogP contribution in [0.25, 0.3) is 0 Å². The number of nitrogens with zero attached hydrogens (tertiary/aromatic N) is 3. The Morgan fingerprint density at radius 1 is 1.02 bits per heavy atom. The van der Waals surface area contributed by atoms with E-state index in [4.69, 9.17) is 4.74 Å². The van der Waals surface area contributed by atoms with Crippen molar-refractivity contribution in [2.24, 2.45) is 0 Å². The molecule has 0 bridgehead atoms. The number of aliphatic carboxylic acids is 1. The average molecular weight is 596 g/mol. The van der Waals surface area contributed by atoms with Crippen molar-refractivity contribution in [3.05, 3.63) is 71.8 Å². The predicted octanol–water partition coefficient (Wildman–Crippen LogP) is 0.482. The lowest BCUT2D eigenvalue weighted by Crippen LogP contribution is -2.79. The number of ether oxygens (including phenoxy) is 1. The van der Waals surface area contributed by atoms with E-state index < -0.39 is 57.5 Å². The SMILES string of the molecule is CCN1CCN(C(=O)N[C@@H](C(=O)NC2(OC)C(=O)N3C[C@@](C(=O)O)(c4ccccc4)S[C@@H]32)c2ccccc2)C(=O)C1=O. The van der Waals surface area contributed by atoms with E-state index in [0.717, 1.165) is 16.7 Å². The molecule has 2 aromatic rings. The Morgan fingerprint density at radius 3 is 2.26 bits per heavy atom. The first-order valence-corrected chi connectivity index (χ1v) is 14.1. The van der Waals surface area contributed by atoms with Crippen molar-refractivity contribution in [2.45, 2.75) is 28.8 Å². The van der Waals surface area contributed by atoms with E-state index >= 15 is 0 Å². The highest BCUT2D eigenvalue weighted by molar-refractivity contribution is 8.02. The van der Waals surface area contributed by atoms with Gasteiger partial charge in [0.2, 0.25) is 5.91 Å². The highest BCUT2D eigenvalue weighted by Gasteiger charge is 2.72. The number of hydrogen-bond acceptors (Lipinski definition) is 8. The van der Waals surface area contributed by atoms with Crippen LogP contribution in [0.2, 0.25) is 0 Å². The maximum absolute atomic E-state index is 13.8. The fourth-order valence-corrected chi connectivity index (χ4v) is 7.07. The molecule has 3 heterocycles. The molecule has 42 heavy (non-hydrogen) atoms. The fraction of sp³-hybridized carbons (Fsp3) is 0.357. The summed E-state index contributed by atoms with van der Waals surface area (Å²) >= 11 is 0.977. The van der Waals surface area contributed by atoms with E-state index in [1.807, 2.05) is 0 Å². The molecule has 3 fully saturated rings. The number of thioether (sulfide) groups is 1. The lowest BCUT2D eigenvalue weighted by atomic mass is 9.94. The average Bonchev–Trinajstić information content (AvgIpc) is 3.40. The summed E-state index contributed by atoms with van der Waals surface area (Å²) < 4.78 is 4.08. The van der Waals surface area contributed by atoms with Crippen molar-refractivity contribution < 1.29 is 38.6 Å². The van der Waals surface area contributed by atoms with E-state index in [2.05, 4.69) is 10.6 Å². The molecule has 14 heteroatoms. The molecule has 0 aliphatic carbocycles. The van der Waals surface area contributed by atoms with Gasteiger partial charge in [-0.05, 0) is 18.1 Å². The summed E-state index contributed by atoms with van der Waals surface area (Å²) in [6.45, 7) is 1.98. The van der Waals surface area contributed by atoms with Gasteiger partial charge in [-0.15, -0.1) is 11.8 Å². The molecule has 5 rings (SSSR count). The molecule has 0 radical (unpaired) electrons. The minimum atomic E-state index is -1.91. The van der Waals surface area contributed by atoms with Gasteiger partial charge in [0.1, 0.15) is 11.4 Å². The number of fused-ring (bicyclic) bond motifs is 1. The van der Waals surface area contributed by atoms with Crippen LogP contribution in [-0.4, -0.2) is 99.8 Å². The van der Waals surface area contributed by atoms with Gasteiger partial charge < -0.3 is 30.3 Å². The third-order valence-electron chi connectivity index (χ3n) is 7.73. The number of carboxylic acids is 1. The Morgan fingerprint density at radius 2 is 1.67 bits per heavy atom. The number of nitrogens with one attached hydrogen (secondary N) is 2. The van der Waals surface area contributed by atoms with Crippen molar-refractivity contribution in [3.63, 3.8) is 0 Å². The highest BCUT2D eigenvalue weighted by Crippen LogP contribution is 2.56. The van der Waals surface area contributed by atoms with E-state index in [9.17, 15) is 33.9 Å². The van der Waals surface area contributed by atoms with Crippen molar-refractivity contribution in [1.29, 1.82) is 0 Å². The molecule has 1 unspecified atom stereocenters. The molecule has 13 nitrogen and oxygen atoms in total. The van der Waals surface area contributed by atoms with Crippen LogP contribution in [0.4, 0.5) is 4.79 Å². The van der Waals surface area contributed by atoms with Crippen LogP contribution in [0, 0.1) is 0 Å². The molecule has 0 saturated carbocycles. The van der Waals surface area contributed by atoms with Gasteiger partial charge in [-0.25, -0.2) is 4.79 Å². The Balaban J connectivity index is 1.40. The van der Waals surface area contributed by atoms with E-state index in [-0.39, 0.29) is 19.6 Å². The first-order chi connectivity index (χ1) is 20.1. The largest absolute Gasteiger partial charge is 0.480 e. The van der Waals surface area contributed by atoms with Crippen LogP contribution in [0.15, 0.2) is 60.7 Å². The monoisotopic (exact) mass is 595 g/mol. The summed E-state index contributed by atoms with van der Waals surface area (Å²) in [5.41, 5.74) is -1.09. The first-order valence-electron chi connectivity index (χ1n) is 13.2. The zero-order valence-electron chi connectivity index (χ0n) is 22.8. The second-order valence-corrected chi connectivity index (χ2v) is 11.3. The van der Waals surface area contributed by atoms with Crippen LogP contribution in [0.1, 0.15) is 24.1 Å². The van der Waals surface area contributed by atoms with Crippen LogP contribution in [-0.2, 0) is 33.5 Å². The van der Waals surface area contributed by atoms with Crippen molar-refractivity contribution in [2.75, 3.05) is 33.3 Å². The summed E-state index contributed by atoms with van der Waals surface area (Å²) in [6.07, 6.45) is 0. The number of carboxylic acid groups (broad SMARTS) is 1. The Labute approximate surface area is 245 Å². The van der Waals surface area contributed by atoms with Gasteiger partial charge in [0.15, 0.2) is 4.75 Å².